The molecule has 0 N–H and O–H groups in total. The first kappa shape index (κ1) is 16.4. The molecule has 0 aliphatic rings. The van der Waals surface area contributed by atoms with Crippen LogP contribution in [0.5, 0.6) is 5.75 Å². The number of nitrogens with zero attached hydrogens (tertiary/aromatic N) is 1. The summed E-state index contributed by atoms with van der Waals surface area (Å²) in [6, 6.07) is 1.81. The van der Waals surface area contributed by atoms with Crippen molar-refractivity contribution in [3.8, 4) is 5.75 Å². The van der Waals surface area contributed by atoms with Crippen LogP contribution in [0.4, 0.5) is 10.1 Å². The molecular weight excluding hydrogens is 337 g/mol. The van der Waals surface area contributed by atoms with E-state index < -0.39 is 34.6 Å². The number of carbonyl (C=O) groups excluding carboxylic acids is 1. The molecule has 0 aromatic heterocycles. The van der Waals surface area contributed by atoms with Gasteiger partial charge < -0.3 is 9.47 Å². The van der Waals surface area contributed by atoms with Crippen LogP contribution in [0.25, 0.3) is 0 Å². The molecule has 0 saturated carbocycles. The second-order valence-corrected chi connectivity index (χ2v) is 5.72. The van der Waals surface area contributed by atoms with E-state index >= 15 is 0 Å². The predicted molar refractivity (Wildman–Crippen MR) is 72.1 cm³/mol. The number of benzene rings is 1. The number of nitro groups is 1. The van der Waals surface area contributed by atoms with Crippen molar-refractivity contribution < 1.29 is 23.6 Å². The summed E-state index contributed by atoms with van der Waals surface area (Å²) in [6.07, 6.45) is 0. The Kier molecular flexibility index (Phi) is 5.04. The van der Waals surface area contributed by atoms with Crippen molar-refractivity contribution in [1.82, 2.24) is 0 Å². The fraction of sp³-hybridized carbons (Fsp3) is 0.417. The van der Waals surface area contributed by atoms with E-state index in [0.717, 1.165) is 12.1 Å². The summed E-state index contributed by atoms with van der Waals surface area (Å²) in [4.78, 5) is 21.5. The molecule has 110 valence electrons. The highest BCUT2D eigenvalue weighted by molar-refractivity contribution is 9.10. The van der Waals surface area contributed by atoms with Gasteiger partial charge in [-0.05, 0) is 36.7 Å². The van der Waals surface area contributed by atoms with E-state index in [1.54, 1.807) is 20.8 Å². The molecular formula is C12H13BrFNO5. The zero-order chi connectivity index (χ0) is 15.5. The van der Waals surface area contributed by atoms with Crippen LogP contribution in [0.2, 0.25) is 0 Å². The van der Waals surface area contributed by atoms with Crippen molar-refractivity contribution in [2.45, 2.75) is 26.4 Å². The Morgan fingerprint density at radius 1 is 1.45 bits per heavy atom. The number of ether oxygens (including phenoxy) is 2. The van der Waals surface area contributed by atoms with Crippen LogP contribution in [-0.2, 0) is 9.53 Å². The molecule has 0 heterocycles. The molecule has 0 saturated heterocycles. The maximum Gasteiger partial charge on any atom is 0.344 e. The van der Waals surface area contributed by atoms with Crippen molar-refractivity contribution in [1.29, 1.82) is 0 Å². The number of hydrogen-bond donors (Lipinski definition) is 0. The molecule has 0 atom stereocenters. The maximum atomic E-state index is 13.4. The summed E-state index contributed by atoms with van der Waals surface area (Å²) in [5.74, 6) is -1.76. The minimum atomic E-state index is -0.728. The quantitative estimate of drug-likeness (QED) is 0.473. The first-order valence-corrected chi connectivity index (χ1v) is 6.37. The molecule has 1 rings (SSSR count). The third-order valence-corrected chi connectivity index (χ3v) is 2.57. The first-order valence-electron chi connectivity index (χ1n) is 5.58. The van der Waals surface area contributed by atoms with Gasteiger partial charge in [0.1, 0.15) is 11.4 Å². The number of hydrogen-bond acceptors (Lipinski definition) is 5. The summed E-state index contributed by atoms with van der Waals surface area (Å²) in [6.45, 7) is 4.48. The standard InChI is InChI=1S/C12H13BrFNO5/c1-12(2,3)20-11(16)6-19-10-5-8(14)7(13)4-9(10)15(17)18/h4-5H,6H2,1-3H3. The SMILES string of the molecule is CC(C)(C)OC(=O)COc1cc(F)c(Br)cc1[N+](=O)[O-]. The molecule has 0 amide bonds. The van der Waals surface area contributed by atoms with Crippen molar-refractivity contribution in [2.24, 2.45) is 0 Å². The van der Waals surface area contributed by atoms with Crippen LogP contribution in [0.15, 0.2) is 16.6 Å². The third kappa shape index (κ3) is 4.76. The Balaban J connectivity index is 2.85. The van der Waals surface area contributed by atoms with E-state index in [1.807, 2.05) is 0 Å². The smallest absolute Gasteiger partial charge is 0.344 e. The Morgan fingerprint density at radius 2 is 2.05 bits per heavy atom. The van der Waals surface area contributed by atoms with Gasteiger partial charge in [-0.15, -0.1) is 0 Å². The number of nitro benzene ring substituents is 1. The van der Waals surface area contributed by atoms with Gasteiger partial charge in [0.25, 0.3) is 0 Å². The van der Waals surface area contributed by atoms with E-state index in [4.69, 9.17) is 9.47 Å². The van der Waals surface area contributed by atoms with Gasteiger partial charge in [-0.1, -0.05) is 0 Å². The molecule has 1 aromatic rings. The lowest BCUT2D eigenvalue weighted by atomic mass is 10.2. The molecule has 8 heteroatoms. The lowest BCUT2D eigenvalue weighted by Gasteiger charge is -2.19. The van der Waals surface area contributed by atoms with Gasteiger partial charge in [0.2, 0.25) is 5.75 Å². The fourth-order valence-electron chi connectivity index (χ4n) is 1.28. The van der Waals surface area contributed by atoms with E-state index in [0.29, 0.717) is 0 Å². The highest BCUT2D eigenvalue weighted by atomic mass is 79.9. The van der Waals surface area contributed by atoms with Gasteiger partial charge in [0.05, 0.1) is 9.40 Å². The van der Waals surface area contributed by atoms with Crippen LogP contribution in [0.1, 0.15) is 20.8 Å². The topological polar surface area (TPSA) is 78.7 Å². The predicted octanol–water partition coefficient (Wildman–Crippen LogP) is 3.22. The second-order valence-electron chi connectivity index (χ2n) is 4.87. The lowest BCUT2D eigenvalue weighted by molar-refractivity contribution is -0.386. The molecule has 0 aliphatic carbocycles. The zero-order valence-electron chi connectivity index (χ0n) is 11.1. The Bertz CT molecular complexity index is 541. The lowest BCUT2D eigenvalue weighted by Crippen LogP contribution is -2.27. The van der Waals surface area contributed by atoms with E-state index in [-0.39, 0.29) is 10.2 Å². The van der Waals surface area contributed by atoms with E-state index in [1.165, 1.54) is 0 Å². The Hall–Kier alpha value is -1.70. The molecule has 1 aromatic carbocycles. The van der Waals surface area contributed by atoms with Crippen molar-refractivity contribution >= 4 is 27.6 Å². The third-order valence-electron chi connectivity index (χ3n) is 1.96. The van der Waals surface area contributed by atoms with E-state index in [9.17, 15) is 19.3 Å². The number of carbonyl (C=O) groups is 1. The highest BCUT2D eigenvalue weighted by Crippen LogP contribution is 2.32. The van der Waals surface area contributed by atoms with Crippen molar-refractivity contribution in [3.05, 3.63) is 32.5 Å². The monoisotopic (exact) mass is 349 g/mol. The normalized spacial score (nSPS) is 11.1. The highest BCUT2D eigenvalue weighted by Gasteiger charge is 2.21. The van der Waals surface area contributed by atoms with Crippen LogP contribution in [-0.4, -0.2) is 23.1 Å². The average molecular weight is 350 g/mol. The number of rotatable bonds is 4. The summed E-state index contributed by atoms with van der Waals surface area (Å²) in [7, 11) is 0. The molecule has 0 spiro atoms. The van der Waals surface area contributed by atoms with Crippen molar-refractivity contribution in [2.75, 3.05) is 6.61 Å². The second kappa shape index (κ2) is 6.17. The number of halogens is 2. The minimum Gasteiger partial charge on any atom is -0.475 e. The van der Waals surface area contributed by atoms with Gasteiger partial charge in [-0.25, -0.2) is 9.18 Å². The van der Waals surface area contributed by atoms with Gasteiger partial charge in [0, 0.05) is 12.1 Å². The van der Waals surface area contributed by atoms with Crippen LogP contribution in [0, 0.1) is 15.9 Å². The summed E-state index contributed by atoms with van der Waals surface area (Å²) in [5.41, 5.74) is -1.14. The molecule has 0 radical (unpaired) electrons. The average Bonchev–Trinajstić information content (AvgIpc) is 2.27. The Labute approximate surface area is 123 Å². The Morgan fingerprint density at radius 3 is 2.55 bits per heavy atom. The van der Waals surface area contributed by atoms with Crippen LogP contribution in [0.3, 0.4) is 0 Å². The minimum absolute atomic E-state index is 0.0613. The molecule has 0 bridgehead atoms. The molecule has 0 unspecified atom stereocenters. The summed E-state index contributed by atoms with van der Waals surface area (Å²) < 4.78 is 23.2. The largest absolute Gasteiger partial charge is 0.475 e. The van der Waals surface area contributed by atoms with Crippen molar-refractivity contribution in [3.63, 3.8) is 0 Å². The molecule has 0 aliphatic heterocycles. The fourth-order valence-corrected chi connectivity index (χ4v) is 1.62. The van der Waals surface area contributed by atoms with Crippen LogP contribution < -0.4 is 4.74 Å². The molecule has 6 nitrogen and oxygen atoms in total. The summed E-state index contributed by atoms with van der Waals surface area (Å²) in [5, 5.41) is 10.8. The maximum absolute atomic E-state index is 13.4. The first-order chi connectivity index (χ1) is 9.10. The van der Waals surface area contributed by atoms with Gasteiger partial charge >= 0.3 is 11.7 Å². The zero-order valence-corrected chi connectivity index (χ0v) is 12.7. The van der Waals surface area contributed by atoms with Gasteiger partial charge in [-0.3, -0.25) is 10.1 Å². The molecule has 20 heavy (non-hydrogen) atoms. The van der Waals surface area contributed by atoms with Gasteiger partial charge in [0.15, 0.2) is 6.61 Å². The van der Waals surface area contributed by atoms with E-state index in [2.05, 4.69) is 15.9 Å². The van der Waals surface area contributed by atoms with Crippen LogP contribution >= 0.6 is 15.9 Å². The number of esters is 1. The molecule has 0 fully saturated rings. The summed E-state index contributed by atoms with van der Waals surface area (Å²) >= 11 is 2.84. The van der Waals surface area contributed by atoms with Gasteiger partial charge in [-0.2, -0.15) is 0 Å².